The molecule has 19 heavy (non-hydrogen) atoms. The molecule has 0 atom stereocenters. The molecule has 0 aliphatic heterocycles. The van der Waals surface area contributed by atoms with Crippen molar-refractivity contribution in [3.8, 4) is 0 Å². The molecule has 0 aliphatic carbocycles. The van der Waals surface area contributed by atoms with E-state index >= 15 is 0 Å². The topological polar surface area (TPSA) is 42.0 Å². The third-order valence-electron chi connectivity index (χ3n) is 2.50. The largest absolute Gasteiger partial charge is 0.320 e. The van der Waals surface area contributed by atoms with Gasteiger partial charge in [-0.05, 0) is 47.1 Å². The summed E-state index contributed by atoms with van der Waals surface area (Å²) in [7, 11) is 0. The Labute approximate surface area is 122 Å². The van der Waals surface area contributed by atoms with E-state index in [1.54, 1.807) is 19.1 Å². The van der Waals surface area contributed by atoms with Gasteiger partial charge in [-0.3, -0.25) is 4.79 Å². The van der Waals surface area contributed by atoms with Crippen molar-refractivity contribution in [3.05, 3.63) is 57.0 Å². The van der Waals surface area contributed by atoms with Crippen LogP contribution in [0.1, 0.15) is 16.1 Å². The molecular weight excluding hydrogens is 335 g/mol. The molecule has 1 aromatic heterocycles. The minimum absolute atomic E-state index is 0.0870. The summed E-state index contributed by atoms with van der Waals surface area (Å²) in [6.07, 6.45) is 0. The van der Waals surface area contributed by atoms with Crippen LogP contribution in [0.2, 0.25) is 5.02 Å². The fraction of sp³-hybridized carbons (Fsp3) is 0.0769. The summed E-state index contributed by atoms with van der Waals surface area (Å²) in [6, 6.07) is 7.50. The number of benzene rings is 1. The van der Waals surface area contributed by atoms with Crippen LogP contribution in [0.3, 0.4) is 0 Å². The fourth-order valence-corrected chi connectivity index (χ4v) is 2.14. The van der Waals surface area contributed by atoms with Gasteiger partial charge >= 0.3 is 0 Å². The number of nitrogens with zero attached hydrogens (tertiary/aromatic N) is 1. The Kier molecular flexibility index (Phi) is 4.17. The number of rotatable bonds is 2. The molecule has 0 spiro atoms. The SMILES string of the molecule is Cc1nc(Br)ccc1NC(=O)c1cccc(F)c1Cl. The Morgan fingerprint density at radius 2 is 2.11 bits per heavy atom. The second-order valence-corrected chi connectivity index (χ2v) is 5.01. The zero-order valence-electron chi connectivity index (χ0n) is 9.88. The fourth-order valence-electron chi connectivity index (χ4n) is 1.53. The molecule has 2 rings (SSSR count). The third-order valence-corrected chi connectivity index (χ3v) is 3.32. The van der Waals surface area contributed by atoms with Crippen LogP contribution >= 0.6 is 27.5 Å². The maximum Gasteiger partial charge on any atom is 0.257 e. The van der Waals surface area contributed by atoms with E-state index in [-0.39, 0.29) is 10.6 Å². The lowest BCUT2D eigenvalue weighted by Crippen LogP contribution is -2.14. The summed E-state index contributed by atoms with van der Waals surface area (Å²) >= 11 is 8.99. The van der Waals surface area contributed by atoms with Gasteiger partial charge in [0, 0.05) is 0 Å². The zero-order chi connectivity index (χ0) is 14.0. The molecule has 2 aromatic rings. The number of hydrogen-bond acceptors (Lipinski definition) is 2. The molecule has 0 saturated carbocycles. The number of carbonyl (C=O) groups is 1. The molecule has 6 heteroatoms. The molecule has 1 amide bonds. The monoisotopic (exact) mass is 342 g/mol. The number of aryl methyl sites for hydroxylation is 1. The van der Waals surface area contributed by atoms with Crippen LogP contribution in [0.4, 0.5) is 10.1 Å². The first kappa shape index (κ1) is 14.0. The van der Waals surface area contributed by atoms with Gasteiger partial charge in [-0.15, -0.1) is 0 Å². The number of pyridine rings is 1. The highest BCUT2D eigenvalue weighted by Crippen LogP contribution is 2.22. The maximum atomic E-state index is 13.3. The van der Waals surface area contributed by atoms with Crippen molar-refractivity contribution in [2.24, 2.45) is 0 Å². The average Bonchev–Trinajstić information content (AvgIpc) is 2.36. The van der Waals surface area contributed by atoms with Crippen molar-refractivity contribution >= 4 is 39.1 Å². The minimum Gasteiger partial charge on any atom is -0.320 e. The number of halogens is 3. The summed E-state index contributed by atoms with van der Waals surface area (Å²) in [5, 5.41) is 2.46. The van der Waals surface area contributed by atoms with E-state index in [2.05, 4.69) is 26.2 Å². The van der Waals surface area contributed by atoms with Crippen molar-refractivity contribution in [1.82, 2.24) is 4.98 Å². The van der Waals surface area contributed by atoms with E-state index in [0.717, 1.165) is 0 Å². The predicted molar refractivity (Wildman–Crippen MR) is 76.0 cm³/mol. The number of anilines is 1. The van der Waals surface area contributed by atoms with E-state index in [4.69, 9.17) is 11.6 Å². The van der Waals surface area contributed by atoms with E-state index < -0.39 is 11.7 Å². The zero-order valence-corrected chi connectivity index (χ0v) is 12.2. The van der Waals surface area contributed by atoms with Gasteiger partial charge in [0.15, 0.2) is 0 Å². The van der Waals surface area contributed by atoms with Crippen molar-refractivity contribution < 1.29 is 9.18 Å². The molecular formula is C13H9BrClFN2O. The van der Waals surface area contributed by atoms with Crippen LogP contribution in [0.25, 0.3) is 0 Å². The molecule has 1 N–H and O–H groups in total. The van der Waals surface area contributed by atoms with E-state index in [1.807, 2.05) is 0 Å². The summed E-state index contributed by atoms with van der Waals surface area (Å²) in [4.78, 5) is 16.2. The van der Waals surface area contributed by atoms with Gasteiger partial charge in [0.05, 0.1) is 22.0 Å². The summed E-state index contributed by atoms with van der Waals surface area (Å²) in [5.74, 6) is -1.10. The molecule has 0 unspecified atom stereocenters. The quantitative estimate of drug-likeness (QED) is 0.831. The van der Waals surface area contributed by atoms with E-state index in [0.29, 0.717) is 16.0 Å². The van der Waals surface area contributed by atoms with E-state index in [9.17, 15) is 9.18 Å². The Morgan fingerprint density at radius 3 is 2.79 bits per heavy atom. The van der Waals surface area contributed by atoms with Gasteiger partial charge in [-0.25, -0.2) is 9.37 Å². The predicted octanol–water partition coefficient (Wildman–Crippen LogP) is 4.20. The standard InChI is InChI=1S/C13H9BrClFN2O/c1-7-10(5-6-11(14)17-7)18-13(19)8-3-2-4-9(16)12(8)15/h2-6H,1H3,(H,18,19). The molecule has 0 bridgehead atoms. The van der Waals surface area contributed by atoms with Crippen LogP contribution in [0.5, 0.6) is 0 Å². The molecule has 1 heterocycles. The average molecular weight is 344 g/mol. The van der Waals surface area contributed by atoms with E-state index in [1.165, 1.54) is 18.2 Å². The van der Waals surface area contributed by atoms with Crippen molar-refractivity contribution in [1.29, 1.82) is 0 Å². The molecule has 0 saturated heterocycles. The van der Waals surface area contributed by atoms with Gasteiger partial charge < -0.3 is 5.32 Å². The molecule has 3 nitrogen and oxygen atoms in total. The lowest BCUT2D eigenvalue weighted by Gasteiger charge is -2.09. The van der Waals surface area contributed by atoms with Gasteiger partial charge in [0.2, 0.25) is 0 Å². The highest BCUT2D eigenvalue weighted by atomic mass is 79.9. The van der Waals surface area contributed by atoms with Crippen molar-refractivity contribution in [2.75, 3.05) is 5.32 Å². The second-order valence-electron chi connectivity index (χ2n) is 3.82. The van der Waals surface area contributed by atoms with Crippen LogP contribution in [-0.2, 0) is 0 Å². The van der Waals surface area contributed by atoms with Gasteiger partial charge in [-0.2, -0.15) is 0 Å². The Hall–Kier alpha value is -1.46. The summed E-state index contributed by atoms with van der Waals surface area (Å²) < 4.78 is 14.0. The molecule has 0 aliphatic rings. The second kappa shape index (κ2) is 5.67. The van der Waals surface area contributed by atoms with Crippen LogP contribution in [-0.4, -0.2) is 10.9 Å². The summed E-state index contributed by atoms with van der Waals surface area (Å²) in [5.41, 5.74) is 1.28. The molecule has 1 aromatic carbocycles. The van der Waals surface area contributed by atoms with Crippen LogP contribution in [0, 0.1) is 12.7 Å². The third kappa shape index (κ3) is 3.11. The van der Waals surface area contributed by atoms with Gasteiger partial charge in [0.1, 0.15) is 10.4 Å². The van der Waals surface area contributed by atoms with Gasteiger partial charge in [0.25, 0.3) is 5.91 Å². The number of amides is 1. The lowest BCUT2D eigenvalue weighted by atomic mass is 10.2. The highest BCUT2D eigenvalue weighted by Gasteiger charge is 2.14. The van der Waals surface area contributed by atoms with Crippen molar-refractivity contribution in [3.63, 3.8) is 0 Å². The number of aromatic nitrogens is 1. The van der Waals surface area contributed by atoms with Crippen LogP contribution < -0.4 is 5.32 Å². The van der Waals surface area contributed by atoms with Crippen LogP contribution in [0.15, 0.2) is 34.9 Å². The minimum atomic E-state index is -0.625. The highest BCUT2D eigenvalue weighted by molar-refractivity contribution is 9.10. The molecule has 98 valence electrons. The smallest absolute Gasteiger partial charge is 0.257 e. The maximum absolute atomic E-state index is 13.3. The lowest BCUT2D eigenvalue weighted by molar-refractivity contribution is 0.102. The molecule has 0 fully saturated rings. The normalized spacial score (nSPS) is 10.3. The number of carbonyl (C=O) groups excluding carboxylic acids is 1. The van der Waals surface area contributed by atoms with Gasteiger partial charge in [-0.1, -0.05) is 17.7 Å². The Morgan fingerprint density at radius 1 is 1.37 bits per heavy atom. The first-order valence-corrected chi connectivity index (χ1v) is 6.54. The number of nitrogens with one attached hydrogen (secondary N) is 1. The number of hydrogen-bond donors (Lipinski definition) is 1. The Balaban J connectivity index is 2.28. The summed E-state index contributed by atoms with van der Waals surface area (Å²) in [6.45, 7) is 1.76. The first-order valence-electron chi connectivity index (χ1n) is 5.37. The first-order chi connectivity index (χ1) is 8.99. The van der Waals surface area contributed by atoms with Crippen molar-refractivity contribution in [2.45, 2.75) is 6.92 Å². The molecule has 0 radical (unpaired) electrons. The Bertz CT molecular complexity index is 649.